The van der Waals surface area contributed by atoms with E-state index in [0.29, 0.717) is 46.3 Å². The number of aromatic nitrogens is 2. The van der Waals surface area contributed by atoms with E-state index in [1.54, 1.807) is 23.1 Å². The molecule has 290 valence electrons. The molecule has 3 heterocycles. The van der Waals surface area contributed by atoms with Crippen molar-refractivity contribution >= 4 is 51.5 Å². The molecule has 4 bridgehead atoms. The second-order valence-electron chi connectivity index (χ2n) is 17.1. The molecule has 0 radical (unpaired) electrons. The third-order valence-corrected chi connectivity index (χ3v) is 13.0. The Morgan fingerprint density at radius 3 is 2.55 bits per heavy atom. The average Bonchev–Trinajstić information content (AvgIpc) is 3.51. The van der Waals surface area contributed by atoms with Crippen molar-refractivity contribution in [3.8, 4) is 11.3 Å². The van der Waals surface area contributed by atoms with Crippen LogP contribution in [0.4, 0.5) is 15.6 Å². The summed E-state index contributed by atoms with van der Waals surface area (Å²) in [5.41, 5.74) is 11.5. The molecule has 55 heavy (non-hydrogen) atoms. The summed E-state index contributed by atoms with van der Waals surface area (Å²) in [6.45, 7) is 13.6. The molecule has 0 saturated heterocycles. The van der Waals surface area contributed by atoms with E-state index in [4.69, 9.17) is 26.4 Å². The van der Waals surface area contributed by atoms with Crippen molar-refractivity contribution in [3.63, 3.8) is 0 Å². The van der Waals surface area contributed by atoms with Crippen molar-refractivity contribution in [2.45, 2.75) is 97.5 Å². The van der Waals surface area contributed by atoms with Crippen LogP contribution < -0.4 is 21.8 Å². The number of anilines is 2. The number of carboxylic acids is 1. The van der Waals surface area contributed by atoms with Crippen LogP contribution in [0.2, 0.25) is 0 Å². The number of aromatic carboxylic acids is 1. The zero-order valence-electron chi connectivity index (χ0n) is 32.4. The van der Waals surface area contributed by atoms with Gasteiger partial charge in [-0.3, -0.25) is 20.0 Å². The van der Waals surface area contributed by atoms with Gasteiger partial charge in [0.05, 0.1) is 21.9 Å². The minimum absolute atomic E-state index is 0.0441. The number of urea groups is 1. The molecule has 2 amide bonds. The van der Waals surface area contributed by atoms with Crippen LogP contribution in [0, 0.1) is 16.2 Å². The summed E-state index contributed by atoms with van der Waals surface area (Å²) in [6, 6.07) is 9.14. The Kier molecular flexibility index (Phi) is 10.4. The average molecular weight is 764 g/mol. The third-order valence-electron chi connectivity index (χ3n) is 12.1. The molecule has 5 aliphatic rings. The number of amides is 2. The van der Waals surface area contributed by atoms with Crippen molar-refractivity contribution in [2.24, 2.45) is 32.9 Å². The smallest absolute Gasteiger partial charge is 0.355 e. The Balaban J connectivity index is 1.13. The molecule has 2 unspecified atom stereocenters. The van der Waals surface area contributed by atoms with Crippen LogP contribution in [0.15, 0.2) is 60.3 Å². The quantitative estimate of drug-likeness (QED) is 0.0806. The topological polar surface area (TPSA) is 169 Å². The van der Waals surface area contributed by atoms with E-state index in [1.807, 2.05) is 37.3 Å². The number of thiazole rings is 1. The molecule has 6 N–H and O–H groups in total. The van der Waals surface area contributed by atoms with Gasteiger partial charge in [0.15, 0.2) is 10.8 Å². The first-order chi connectivity index (χ1) is 26.3. The summed E-state index contributed by atoms with van der Waals surface area (Å²) in [7, 11) is 0. The minimum Gasteiger partial charge on any atom is -0.476 e. The van der Waals surface area contributed by atoms with Crippen LogP contribution in [0.1, 0.15) is 111 Å². The number of benzene rings is 1. The minimum atomic E-state index is -1.17. The van der Waals surface area contributed by atoms with Crippen LogP contribution in [0.3, 0.4) is 0 Å². The monoisotopic (exact) mass is 763 g/mol. The molecule has 4 fully saturated rings. The van der Waals surface area contributed by atoms with Gasteiger partial charge in [0.1, 0.15) is 0 Å². The highest BCUT2D eigenvalue weighted by Gasteiger charge is 2.66. The van der Waals surface area contributed by atoms with Crippen molar-refractivity contribution in [2.75, 3.05) is 23.3 Å². The number of carbonyl (C=O) groups excluding carboxylic acids is 1. The highest BCUT2D eigenvalue weighted by atomic mass is 32.1. The molecule has 2 aromatic heterocycles. The first kappa shape index (κ1) is 38.6. The summed E-state index contributed by atoms with van der Waals surface area (Å²) in [6.07, 6.45) is 16.5. The van der Waals surface area contributed by atoms with Crippen LogP contribution in [0.5, 0.6) is 0 Å². The lowest BCUT2D eigenvalue weighted by Gasteiger charge is -2.68. The summed E-state index contributed by atoms with van der Waals surface area (Å²) in [5.74, 6) is 4.80. The van der Waals surface area contributed by atoms with E-state index < -0.39 is 5.97 Å². The number of pyridine rings is 1. The SMILES string of the molecule is C=C/C=C\c1sc(NC(=O)N2CCCc3ccc(-c4ccc(C(=CN)C(C)=NCC56CC7(C)CC(C)(C5)CC(ON)(C7)C6)c(C(=O)O)n4)cc32)nc1CCC. The molecule has 11 nitrogen and oxygen atoms in total. The first-order valence-electron chi connectivity index (χ1n) is 19.3. The van der Waals surface area contributed by atoms with Gasteiger partial charge in [-0.05, 0) is 111 Å². The molecule has 12 heteroatoms. The predicted molar refractivity (Wildman–Crippen MR) is 221 cm³/mol. The highest BCUT2D eigenvalue weighted by Crippen LogP contribution is 2.71. The standard InChI is InChI=1S/C43H53N7O4S/c1-6-8-12-35-33(10-7-2)48-38(55-35)49-39(53)50-17-9-11-28-13-14-29(18-34(28)50)32-16-15-30(36(47-32)37(51)52)31(19-44)27(3)46-26-42-21-40(4)20-41(5,22-42)24-43(23-40,25-42)54-45/h6,8,12-16,18-19H,1,7,9-11,17,20-26,44-45H2,2-5H3,(H,51,52)(H,48,49,53)/b12-8-,31-19?,46-27?. The molecule has 3 aromatic rings. The maximum atomic E-state index is 13.7. The number of hydrogen-bond donors (Lipinski definition) is 4. The molecule has 1 aliphatic heterocycles. The molecule has 4 aliphatic carbocycles. The maximum absolute atomic E-state index is 13.7. The number of nitrogens with zero attached hydrogens (tertiary/aromatic N) is 4. The van der Waals surface area contributed by atoms with E-state index in [2.05, 4.69) is 37.7 Å². The molecule has 0 spiro atoms. The molecule has 1 aromatic carbocycles. The predicted octanol–water partition coefficient (Wildman–Crippen LogP) is 8.81. The molecule has 2 atom stereocenters. The zero-order chi connectivity index (χ0) is 39.2. The number of nitrogens with two attached hydrogens (primary N) is 2. The van der Waals surface area contributed by atoms with Gasteiger partial charge >= 0.3 is 12.0 Å². The van der Waals surface area contributed by atoms with E-state index in [0.717, 1.165) is 79.6 Å². The maximum Gasteiger partial charge on any atom is 0.355 e. The Labute approximate surface area is 327 Å². The van der Waals surface area contributed by atoms with Crippen LogP contribution >= 0.6 is 11.3 Å². The van der Waals surface area contributed by atoms with E-state index in [-0.39, 0.29) is 33.6 Å². The van der Waals surface area contributed by atoms with Crippen LogP contribution in [-0.4, -0.2) is 51.5 Å². The van der Waals surface area contributed by atoms with Gasteiger partial charge < -0.3 is 10.8 Å². The van der Waals surface area contributed by atoms with E-state index in [1.165, 1.54) is 24.0 Å². The third kappa shape index (κ3) is 7.51. The lowest BCUT2D eigenvalue weighted by atomic mass is 9.39. The van der Waals surface area contributed by atoms with Gasteiger partial charge in [0.25, 0.3) is 0 Å². The zero-order valence-corrected chi connectivity index (χ0v) is 33.2. The van der Waals surface area contributed by atoms with Crippen molar-refractivity contribution < 1.29 is 19.5 Å². The number of rotatable bonds is 12. The van der Waals surface area contributed by atoms with Crippen molar-refractivity contribution in [3.05, 3.63) is 82.7 Å². The largest absolute Gasteiger partial charge is 0.476 e. The fraction of sp³-hybridized carbons (Fsp3) is 0.465. The van der Waals surface area contributed by atoms with Gasteiger partial charge in [0, 0.05) is 47.4 Å². The van der Waals surface area contributed by atoms with Crippen molar-refractivity contribution in [1.29, 1.82) is 0 Å². The summed E-state index contributed by atoms with van der Waals surface area (Å²) >= 11 is 1.44. The Bertz CT molecular complexity index is 2100. The van der Waals surface area contributed by atoms with Gasteiger partial charge in [-0.25, -0.2) is 25.5 Å². The first-order valence-corrected chi connectivity index (χ1v) is 20.1. The normalized spacial score (nSPS) is 27.4. The Morgan fingerprint density at radius 2 is 1.87 bits per heavy atom. The molecular weight excluding hydrogens is 711 g/mol. The second kappa shape index (κ2) is 14.8. The Hall–Kier alpha value is -4.65. The van der Waals surface area contributed by atoms with Gasteiger partial charge in [-0.1, -0.05) is 69.4 Å². The van der Waals surface area contributed by atoms with E-state index in [9.17, 15) is 14.7 Å². The second-order valence-corrected chi connectivity index (χ2v) is 18.1. The number of nitrogens with one attached hydrogen (secondary N) is 1. The molecular formula is C43H53N7O4S. The van der Waals surface area contributed by atoms with Crippen LogP contribution in [-0.2, 0) is 17.7 Å². The van der Waals surface area contributed by atoms with Crippen LogP contribution in [0.25, 0.3) is 22.9 Å². The number of carboxylic acid groups (broad SMARTS) is 1. The summed E-state index contributed by atoms with van der Waals surface area (Å²) in [4.78, 5) is 49.5. The van der Waals surface area contributed by atoms with Gasteiger partial charge in [-0.15, -0.1) is 0 Å². The number of aliphatic imine (C=N–C) groups is 1. The van der Waals surface area contributed by atoms with Crippen molar-refractivity contribution in [1.82, 2.24) is 9.97 Å². The number of fused-ring (bicyclic) bond motifs is 1. The van der Waals surface area contributed by atoms with Gasteiger partial charge in [0.2, 0.25) is 0 Å². The summed E-state index contributed by atoms with van der Waals surface area (Å²) in [5, 5.41) is 14.0. The summed E-state index contributed by atoms with van der Waals surface area (Å²) < 4.78 is 0. The number of carbonyl (C=O) groups is 2. The fourth-order valence-corrected chi connectivity index (χ4v) is 12.0. The fourth-order valence-electron chi connectivity index (χ4n) is 11.1. The lowest BCUT2D eigenvalue weighted by Crippen LogP contribution is -2.64. The number of aryl methyl sites for hydroxylation is 2. The highest BCUT2D eigenvalue weighted by molar-refractivity contribution is 7.16. The molecule has 4 saturated carbocycles. The van der Waals surface area contributed by atoms with E-state index >= 15 is 0 Å². The Morgan fingerprint density at radius 1 is 1.11 bits per heavy atom. The number of allylic oxidation sites excluding steroid dienone is 3. The molecule has 8 rings (SSSR count). The number of hydrogen-bond acceptors (Lipinski definition) is 9. The van der Waals surface area contributed by atoms with Gasteiger partial charge in [-0.2, -0.15) is 0 Å². The lowest BCUT2D eigenvalue weighted by molar-refractivity contribution is -0.244.